The van der Waals surface area contributed by atoms with Crippen LogP contribution >= 0.6 is 0 Å². The van der Waals surface area contributed by atoms with Crippen LogP contribution in [-0.4, -0.2) is 58.5 Å². The first-order chi connectivity index (χ1) is 17.5. The minimum absolute atomic E-state index is 0.0416. The van der Waals surface area contributed by atoms with E-state index in [-0.39, 0.29) is 50.4 Å². The lowest BCUT2D eigenvalue weighted by atomic mass is 9.96. The number of benzene rings is 1. The Kier molecular flexibility index (Phi) is 7.69. The second-order valence-corrected chi connectivity index (χ2v) is 8.04. The van der Waals surface area contributed by atoms with Crippen LogP contribution in [0, 0.1) is 0 Å². The third-order valence-corrected chi connectivity index (χ3v) is 5.69. The number of pyridine rings is 2. The van der Waals surface area contributed by atoms with Gasteiger partial charge in [-0.05, 0) is 47.2 Å². The molecule has 0 atom stereocenters. The quantitative estimate of drug-likeness (QED) is 0.412. The summed E-state index contributed by atoms with van der Waals surface area (Å²) in [6.07, 6.45) is 4.78. The molecule has 5 amide bonds. The van der Waals surface area contributed by atoms with Gasteiger partial charge < -0.3 is 15.4 Å². The summed E-state index contributed by atoms with van der Waals surface area (Å²) < 4.78 is 5.14. The van der Waals surface area contributed by atoms with Crippen molar-refractivity contribution in [2.45, 2.75) is 26.3 Å². The number of imide groups is 1. The van der Waals surface area contributed by atoms with E-state index in [1.54, 1.807) is 24.7 Å². The number of nitrogens with one attached hydrogen (secondary N) is 3. The lowest BCUT2D eigenvalue weighted by molar-refractivity contribution is -0.138. The third kappa shape index (κ3) is 5.74. The highest BCUT2D eigenvalue weighted by Gasteiger charge is 2.28. The van der Waals surface area contributed by atoms with E-state index < -0.39 is 6.09 Å². The number of amides is 5. The predicted molar refractivity (Wildman–Crippen MR) is 132 cm³/mol. The fraction of sp³-hybridized carbons (Fsp3) is 0.280. The maximum atomic E-state index is 12.2. The molecule has 0 spiro atoms. The van der Waals surface area contributed by atoms with Gasteiger partial charge >= 0.3 is 12.1 Å². The lowest BCUT2D eigenvalue weighted by Gasteiger charge is -2.15. The van der Waals surface area contributed by atoms with E-state index in [4.69, 9.17) is 4.74 Å². The van der Waals surface area contributed by atoms with Gasteiger partial charge in [0.15, 0.2) is 0 Å². The van der Waals surface area contributed by atoms with Crippen molar-refractivity contribution in [2.75, 3.05) is 25.0 Å². The summed E-state index contributed by atoms with van der Waals surface area (Å²) >= 11 is 0. The number of carbonyl (C=O) groups is 4. The molecule has 11 heteroatoms. The summed E-state index contributed by atoms with van der Waals surface area (Å²) in [7, 11) is 0. The summed E-state index contributed by atoms with van der Waals surface area (Å²) in [5.74, 6) is -0.115. The molecule has 186 valence electrons. The number of fused-ring (bicyclic) bond motifs is 1. The number of alkyl carbamates (subject to hydrolysis) is 1. The second kappa shape index (κ2) is 11.3. The highest BCUT2D eigenvalue weighted by atomic mass is 16.5. The van der Waals surface area contributed by atoms with E-state index >= 15 is 0 Å². The van der Waals surface area contributed by atoms with Crippen LogP contribution in [0.1, 0.15) is 25.3 Å². The summed E-state index contributed by atoms with van der Waals surface area (Å²) in [5.41, 5.74) is 2.65. The lowest BCUT2D eigenvalue weighted by Crippen LogP contribution is -2.34. The Labute approximate surface area is 207 Å². The number of aromatic nitrogens is 2. The zero-order valence-electron chi connectivity index (χ0n) is 19.7. The van der Waals surface area contributed by atoms with Gasteiger partial charge in [-0.1, -0.05) is 12.1 Å². The van der Waals surface area contributed by atoms with E-state index in [1.165, 1.54) is 0 Å². The molecule has 4 rings (SSSR count). The molecule has 1 saturated heterocycles. The molecule has 0 saturated carbocycles. The van der Waals surface area contributed by atoms with E-state index in [0.717, 1.165) is 32.4 Å². The smallest absolute Gasteiger partial charge is 0.407 e. The Morgan fingerprint density at radius 2 is 1.78 bits per heavy atom. The molecular weight excluding hydrogens is 464 g/mol. The van der Waals surface area contributed by atoms with Gasteiger partial charge in [-0.15, -0.1) is 0 Å². The first kappa shape index (κ1) is 24.6. The van der Waals surface area contributed by atoms with Crippen LogP contribution in [0.15, 0.2) is 48.9 Å². The van der Waals surface area contributed by atoms with Crippen LogP contribution in [-0.2, 0) is 20.9 Å². The molecule has 2 aromatic heterocycles. The van der Waals surface area contributed by atoms with Crippen molar-refractivity contribution in [3.05, 3.63) is 54.5 Å². The number of hydrogen-bond acceptors (Lipinski definition) is 7. The van der Waals surface area contributed by atoms with Gasteiger partial charge in [0.25, 0.3) is 0 Å². The number of anilines is 1. The molecule has 1 aromatic carbocycles. The Bertz CT molecular complexity index is 1280. The molecule has 36 heavy (non-hydrogen) atoms. The first-order valence-corrected chi connectivity index (χ1v) is 11.6. The molecular formula is C25H26N6O5. The number of urea groups is 1. The number of ether oxygens (including phenoxy) is 1. The van der Waals surface area contributed by atoms with E-state index in [1.807, 2.05) is 31.2 Å². The zero-order valence-corrected chi connectivity index (χ0v) is 19.7. The van der Waals surface area contributed by atoms with Crippen LogP contribution in [0.2, 0.25) is 0 Å². The van der Waals surface area contributed by atoms with Crippen molar-refractivity contribution in [3.63, 3.8) is 0 Å². The number of likely N-dealkylation sites (tertiary alicyclic amines) is 1. The van der Waals surface area contributed by atoms with E-state index in [0.29, 0.717) is 12.4 Å². The molecule has 3 heterocycles. The van der Waals surface area contributed by atoms with Gasteiger partial charge in [-0.3, -0.25) is 24.8 Å². The van der Waals surface area contributed by atoms with E-state index in [2.05, 4.69) is 25.9 Å². The molecule has 0 bridgehead atoms. The Hall–Kier alpha value is -4.54. The minimum Gasteiger partial charge on any atom is -0.448 e. The number of carbonyl (C=O) groups excluding carboxylic acids is 4. The van der Waals surface area contributed by atoms with Gasteiger partial charge in [0, 0.05) is 49.9 Å². The minimum atomic E-state index is -0.664. The molecule has 1 aliphatic heterocycles. The normalized spacial score (nSPS) is 13.1. The molecule has 0 unspecified atom stereocenters. The SMILES string of the molecule is CCNC(=O)Nc1cc2c(-c3ccncc3)ccc(CNC(=O)OCCN3C(=O)CCC3=O)c2cn1. The van der Waals surface area contributed by atoms with Crippen molar-refractivity contribution in [1.29, 1.82) is 0 Å². The molecule has 1 aliphatic rings. The molecule has 0 radical (unpaired) electrons. The predicted octanol–water partition coefficient (Wildman–Crippen LogP) is 2.81. The molecule has 1 fully saturated rings. The summed E-state index contributed by atoms with van der Waals surface area (Å²) in [6, 6.07) is 9.02. The Balaban J connectivity index is 1.49. The van der Waals surface area contributed by atoms with Crippen LogP contribution in [0.25, 0.3) is 21.9 Å². The Morgan fingerprint density at radius 3 is 2.50 bits per heavy atom. The summed E-state index contributed by atoms with van der Waals surface area (Å²) in [5, 5.41) is 9.71. The van der Waals surface area contributed by atoms with Crippen molar-refractivity contribution < 1.29 is 23.9 Å². The molecule has 11 nitrogen and oxygen atoms in total. The second-order valence-electron chi connectivity index (χ2n) is 8.04. The zero-order chi connectivity index (χ0) is 25.5. The summed E-state index contributed by atoms with van der Waals surface area (Å²) in [4.78, 5) is 57.0. The standard InChI is InChI=1S/C25H26N6O5/c1-2-27-24(34)30-21-13-19-18(16-7-9-26-10-8-16)4-3-17(20(19)15-28-21)14-29-25(35)36-12-11-31-22(32)5-6-23(31)33/h3-4,7-10,13,15H,2,5-6,11-12,14H2,1H3,(H,29,35)(H2,27,28,30,34). The van der Waals surface area contributed by atoms with Gasteiger partial charge in [-0.25, -0.2) is 14.6 Å². The van der Waals surface area contributed by atoms with Gasteiger partial charge in [0.1, 0.15) is 12.4 Å². The van der Waals surface area contributed by atoms with Crippen molar-refractivity contribution >= 4 is 40.5 Å². The number of hydrogen-bond donors (Lipinski definition) is 3. The first-order valence-electron chi connectivity index (χ1n) is 11.6. The van der Waals surface area contributed by atoms with Gasteiger partial charge in [-0.2, -0.15) is 0 Å². The van der Waals surface area contributed by atoms with Crippen molar-refractivity contribution in [3.8, 4) is 11.1 Å². The number of nitrogens with zero attached hydrogens (tertiary/aromatic N) is 3. The summed E-state index contributed by atoms with van der Waals surface area (Å²) in [6.45, 7) is 2.43. The highest BCUT2D eigenvalue weighted by molar-refractivity contribution is 6.02. The fourth-order valence-corrected chi connectivity index (χ4v) is 3.94. The van der Waals surface area contributed by atoms with E-state index in [9.17, 15) is 19.2 Å². The maximum Gasteiger partial charge on any atom is 0.407 e. The maximum absolute atomic E-state index is 12.2. The molecule has 0 aliphatic carbocycles. The number of rotatable bonds is 8. The van der Waals surface area contributed by atoms with Gasteiger partial charge in [0.05, 0.1) is 6.54 Å². The van der Waals surface area contributed by atoms with Crippen LogP contribution in [0.3, 0.4) is 0 Å². The Morgan fingerprint density at radius 1 is 1.03 bits per heavy atom. The van der Waals surface area contributed by atoms with Gasteiger partial charge in [0.2, 0.25) is 11.8 Å². The van der Waals surface area contributed by atoms with Crippen LogP contribution in [0.5, 0.6) is 0 Å². The van der Waals surface area contributed by atoms with Crippen molar-refractivity contribution in [1.82, 2.24) is 25.5 Å². The average molecular weight is 491 g/mol. The van der Waals surface area contributed by atoms with Crippen LogP contribution in [0.4, 0.5) is 15.4 Å². The molecule has 3 aromatic rings. The molecule has 3 N–H and O–H groups in total. The largest absolute Gasteiger partial charge is 0.448 e. The topological polar surface area (TPSA) is 143 Å². The highest BCUT2D eigenvalue weighted by Crippen LogP contribution is 2.31. The van der Waals surface area contributed by atoms with Crippen molar-refractivity contribution in [2.24, 2.45) is 0 Å². The monoisotopic (exact) mass is 490 g/mol. The van der Waals surface area contributed by atoms with Crippen LogP contribution < -0.4 is 16.0 Å². The third-order valence-electron chi connectivity index (χ3n) is 5.69. The fourth-order valence-electron chi connectivity index (χ4n) is 3.94. The average Bonchev–Trinajstić information content (AvgIpc) is 3.20.